The number of fused-ring (bicyclic) bond motifs is 1. The van der Waals surface area contributed by atoms with Gasteiger partial charge in [-0.3, -0.25) is 4.90 Å². The second kappa shape index (κ2) is 10.4. The van der Waals surface area contributed by atoms with Crippen LogP contribution in [0.5, 0.6) is 23.0 Å². The second-order valence-corrected chi connectivity index (χ2v) is 10.6. The molecule has 3 aromatic rings. The summed E-state index contributed by atoms with van der Waals surface area (Å²) in [4.78, 5) is 3.44. The van der Waals surface area contributed by atoms with Crippen molar-refractivity contribution >= 4 is 11.8 Å². The van der Waals surface area contributed by atoms with Gasteiger partial charge in [0.05, 0.1) is 10.1 Å². The Morgan fingerprint density at radius 1 is 0.971 bits per heavy atom. The highest BCUT2D eigenvalue weighted by Crippen LogP contribution is 2.54. The summed E-state index contributed by atoms with van der Waals surface area (Å²) in [5.41, 5.74) is 2.11. The molecule has 2 aliphatic rings. The zero-order valence-electron chi connectivity index (χ0n) is 20.3. The molecule has 0 aliphatic carbocycles. The molecule has 6 heteroatoms. The summed E-state index contributed by atoms with van der Waals surface area (Å²) in [7, 11) is 0. The van der Waals surface area contributed by atoms with Crippen molar-refractivity contribution < 1.29 is 19.7 Å². The Kier molecular flexibility index (Phi) is 7.12. The maximum absolute atomic E-state index is 9.96. The van der Waals surface area contributed by atoms with E-state index >= 15 is 0 Å². The molecule has 2 aliphatic heterocycles. The van der Waals surface area contributed by atoms with Gasteiger partial charge in [0, 0.05) is 12.6 Å². The van der Waals surface area contributed by atoms with Crippen molar-refractivity contribution in [1.82, 2.24) is 4.90 Å². The van der Waals surface area contributed by atoms with Crippen LogP contribution in [0.3, 0.4) is 0 Å². The average molecular weight is 492 g/mol. The van der Waals surface area contributed by atoms with Crippen LogP contribution in [0, 0.1) is 5.92 Å². The zero-order chi connectivity index (χ0) is 24.4. The third kappa shape index (κ3) is 5.24. The number of thioether (sulfide) groups is 1. The van der Waals surface area contributed by atoms with Crippen LogP contribution in [0.4, 0.5) is 0 Å². The van der Waals surface area contributed by atoms with Crippen molar-refractivity contribution in [2.75, 3.05) is 19.7 Å². The first kappa shape index (κ1) is 23.9. The number of hydrogen-bond acceptors (Lipinski definition) is 6. The van der Waals surface area contributed by atoms with Crippen LogP contribution in [-0.2, 0) is 0 Å². The van der Waals surface area contributed by atoms with Gasteiger partial charge in [-0.15, -0.1) is 11.8 Å². The molecule has 5 rings (SSSR count). The summed E-state index contributed by atoms with van der Waals surface area (Å²) in [6, 6.07) is 21.3. The summed E-state index contributed by atoms with van der Waals surface area (Å²) >= 11 is 1.66. The topological polar surface area (TPSA) is 62.2 Å². The summed E-state index contributed by atoms with van der Waals surface area (Å²) < 4.78 is 12.5. The van der Waals surface area contributed by atoms with Gasteiger partial charge in [0.2, 0.25) is 0 Å². The molecule has 3 aromatic carbocycles. The number of ether oxygens (including phenoxy) is 2. The van der Waals surface area contributed by atoms with E-state index in [9.17, 15) is 10.2 Å². The SMILES string of the molecule is CC[C@@H]1CCN(CCOc2ccc([C@@H]3Oc4ccc(O)cc4S[C@@H]3c3ccc(O)cc3)cc2)[C@@H]1C. The predicted octanol–water partition coefficient (Wildman–Crippen LogP) is 6.56. The van der Waals surface area contributed by atoms with E-state index in [0.29, 0.717) is 12.6 Å². The van der Waals surface area contributed by atoms with E-state index in [1.165, 1.54) is 12.8 Å². The van der Waals surface area contributed by atoms with Gasteiger partial charge in [0.15, 0.2) is 0 Å². The van der Waals surface area contributed by atoms with Crippen molar-refractivity contribution in [3.8, 4) is 23.0 Å². The monoisotopic (exact) mass is 491 g/mol. The summed E-state index contributed by atoms with van der Waals surface area (Å²) in [6.45, 7) is 7.42. The molecular formula is C29H33NO4S. The normalized spacial score (nSPS) is 24.1. The summed E-state index contributed by atoms with van der Waals surface area (Å²) in [5.74, 6) is 2.89. The third-order valence-electron chi connectivity index (χ3n) is 7.36. The Bertz CT molecular complexity index is 1130. The van der Waals surface area contributed by atoms with Crippen LogP contribution in [0.25, 0.3) is 0 Å². The minimum absolute atomic E-state index is 0.0279. The predicted molar refractivity (Wildman–Crippen MR) is 140 cm³/mol. The van der Waals surface area contributed by atoms with E-state index < -0.39 is 0 Å². The van der Waals surface area contributed by atoms with Crippen LogP contribution in [0.15, 0.2) is 71.6 Å². The van der Waals surface area contributed by atoms with E-state index in [1.54, 1.807) is 36.0 Å². The van der Waals surface area contributed by atoms with Crippen LogP contribution in [0.1, 0.15) is 49.2 Å². The molecule has 0 unspecified atom stereocenters. The molecule has 2 N–H and O–H groups in total. The molecule has 0 radical (unpaired) electrons. The number of hydrogen-bond donors (Lipinski definition) is 2. The minimum atomic E-state index is -0.216. The third-order valence-corrected chi connectivity index (χ3v) is 8.70. The van der Waals surface area contributed by atoms with Crippen molar-refractivity contribution in [3.63, 3.8) is 0 Å². The highest BCUT2D eigenvalue weighted by atomic mass is 32.2. The lowest BCUT2D eigenvalue weighted by Gasteiger charge is -2.34. The number of phenols is 2. The molecule has 0 spiro atoms. The molecule has 0 bridgehead atoms. The Hall–Kier alpha value is -2.83. The highest BCUT2D eigenvalue weighted by molar-refractivity contribution is 7.99. The van der Waals surface area contributed by atoms with Gasteiger partial charge in [0.25, 0.3) is 0 Å². The second-order valence-electron chi connectivity index (χ2n) is 9.45. The van der Waals surface area contributed by atoms with Crippen molar-refractivity contribution in [2.24, 2.45) is 5.92 Å². The number of likely N-dealkylation sites (tertiary alicyclic amines) is 1. The highest BCUT2D eigenvalue weighted by Gasteiger charge is 2.34. The molecule has 184 valence electrons. The lowest BCUT2D eigenvalue weighted by Crippen LogP contribution is -2.33. The molecule has 2 heterocycles. The Morgan fingerprint density at radius 2 is 1.69 bits per heavy atom. The van der Waals surface area contributed by atoms with Gasteiger partial charge in [-0.05, 0) is 79.4 Å². The Morgan fingerprint density at radius 3 is 2.40 bits per heavy atom. The van der Waals surface area contributed by atoms with E-state index in [1.807, 2.05) is 30.3 Å². The van der Waals surface area contributed by atoms with Crippen LogP contribution < -0.4 is 9.47 Å². The number of rotatable bonds is 7. The minimum Gasteiger partial charge on any atom is -0.508 e. The quantitative estimate of drug-likeness (QED) is 0.390. The Labute approximate surface area is 211 Å². The largest absolute Gasteiger partial charge is 0.508 e. The van der Waals surface area contributed by atoms with Crippen LogP contribution >= 0.6 is 11.8 Å². The number of aromatic hydroxyl groups is 2. The van der Waals surface area contributed by atoms with Gasteiger partial charge in [-0.2, -0.15) is 0 Å². The first-order valence-electron chi connectivity index (χ1n) is 12.4. The molecule has 0 saturated carbocycles. The van der Waals surface area contributed by atoms with Gasteiger partial charge in [0.1, 0.15) is 35.7 Å². The van der Waals surface area contributed by atoms with Gasteiger partial charge < -0.3 is 19.7 Å². The maximum Gasteiger partial charge on any atom is 0.140 e. The van der Waals surface area contributed by atoms with Gasteiger partial charge in [-0.25, -0.2) is 0 Å². The van der Waals surface area contributed by atoms with Gasteiger partial charge in [-0.1, -0.05) is 37.6 Å². The fourth-order valence-electron chi connectivity index (χ4n) is 5.20. The van der Waals surface area contributed by atoms with E-state index in [-0.39, 0.29) is 22.9 Å². The van der Waals surface area contributed by atoms with Crippen LogP contribution in [0.2, 0.25) is 0 Å². The Balaban J connectivity index is 1.29. The fourth-order valence-corrected chi connectivity index (χ4v) is 6.53. The molecule has 1 fully saturated rings. The van der Waals surface area contributed by atoms with E-state index in [2.05, 4.69) is 30.9 Å². The lowest BCUT2D eigenvalue weighted by molar-refractivity contribution is 0.187. The molecule has 0 aromatic heterocycles. The fraction of sp³-hybridized carbons (Fsp3) is 0.379. The standard InChI is InChI=1S/C29H33NO4S/c1-3-20-14-15-30(19(20)2)16-17-33-25-11-6-21(7-12-25)28-29(22-4-8-23(31)9-5-22)35-27-18-24(32)10-13-26(27)34-28/h4-13,18-20,28-29,31-32H,3,14-17H2,1-2H3/t19-,20-,28+,29-/m1/s1. The lowest BCUT2D eigenvalue weighted by atomic mass is 9.99. The molecule has 1 saturated heterocycles. The number of phenolic OH excluding ortho intramolecular Hbond substituents is 2. The first-order chi connectivity index (χ1) is 17.0. The van der Waals surface area contributed by atoms with Gasteiger partial charge >= 0.3 is 0 Å². The van der Waals surface area contributed by atoms with E-state index in [4.69, 9.17) is 9.47 Å². The molecule has 35 heavy (non-hydrogen) atoms. The maximum atomic E-state index is 9.96. The zero-order valence-corrected chi connectivity index (χ0v) is 21.1. The molecular weight excluding hydrogens is 458 g/mol. The molecule has 5 nitrogen and oxygen atoms in total. The molecule has 4 atom stereocenters. The van der Waals surface area contributed by atoms with Crippen LogP contribution in [-0.4, -0.2) is 40.9 Å². The smallest absolute Gasteiger partial charge is 0.140 e. The first-order valence-corrected chi connectivity index (χ1v) is 13.3. The number of benzene rings is 3. The molecule has 0 amide bonds. The summed E-state index contributed by atoms with van der Waals surface area (Å²) in [6.07, 6.45) is 2.32. The summed E-state index contributed by atoms with van der Waals surface area (Å²) in [5, 5.41) is 19.7. The van der Waals surface area contributed by atoms with E-state index in [0.717, 1.165) is 46.5 Å². The van der Waals surface area contributed by atoms with Crippen molar-refractivity contribution in [2.45, 2.75) is 49.0 Å². The van der Waals surface area contributed by atoms with Crippen molar-refractivity contribution in [1.29, 1.82) is 0 Å². The average Bonchev–Trinajstić information content (AvgIpc) is 3.23. The van der Waals surface area contributed by atoms with Crippen molar-refractivity contribution in [3.05, 3.63) is 77.9 Å². The number of nitrogens with zero attached hydrogens (tertiary/aromatic N) is 1.